The lowest BCUT2D eigenvalue weighted by molar-refractivity contribution is -0.121. The number of phenols is 1. The van der Waals surface area contributed by atoms with Gasteiger partial charge in [0.05, 0.1) is 0 Å². The predicted molar refractivity (Wildman–Crippen MR) is 77.9 cm³/mol. The number of rotatable bonds is 5. The summed E-state index contributed by atoms with van der Waals surface area (Å²) in [6.07, 6.45) is 0.252. The molecule has 0 aliphatic rings. The summed E-state index contributed by atoms with van der Waals surface area (Å²) in [5.41, 5.74) is 7.88. The minimum Gasteiger partial charge on any atom is -0.508 e. The molecule has 0 fully saturated rings. The fraction of sp³-hybridized carbons (Fsp3) is 0.188. The number of hydrogen-bond acceptors (Lipinski definition) is 3. The van der Waals surface area contributed by atoms with Gasteiger partial charge in [-0.15, -0.1) is 0 Å². The average molecular weight is 270 g/mol. The smallest absolute Gasteiger partial charge is 0.222 e. The lowest BCUT2D eigenvalue weighted by Gasteiger charge is -2.12. The molecule has 1 amide bonds. The Kier molecular flexibility index (Phi) is 4.74. The highest BCUT2D eigenvalue weighted by Gasteiger charge is 2.10. The molecule has 0 spiro atoms. The molecule has 4 N–H and O–H groups in total. The highest BCUT2D eigenvalue weighted by atomic mass is 16.3. The average Bonchev–Trinajstić information content (AvgIpc) is 2.47. The Labute approximate surface area is 118 Å². The maximum atomic E-state index is 11.8. The van der Waals surface area contributed by atoms with Crippen LogP contribution in [0.5, 0.6) is 5.75 Å². The zero-order valence-corrected chi connectivity index (χ0v) is 11.1. The van der Waals surface area contributed by atoms with Crippen LogP contribution in [0.1, 0.15) is 23.6 Å². The van der Waals surface area contributed by atoms with Gasteiger partial charge in [-0.25, -0.2) is 0 Å². The van der Waals surface area contributed by atoms with E-state index in [0.29, 0.717) is 6.54 Å². The van der Waals surface area contributed by atoms with Gasteiger partial charge >= 0.3 is 0 Å². The van der Waals surface area contributed by atoms with Gasteiger partial charge in [0.1, 0.15) is 5.75 Å². The van der Waals surface area contributed by atoms with Crippen LogP contribution in [0.3, 0.4) is 0 Å². The molecular weight excluding hydrogens is 252 g/mol. The maximum Gasteiger partial charge on any atom is 0.222 e. The van der Waals surface area contributed by atoms with Crippen molar-refractivity contribution in [3.05, 3.63) is 65.7 Å². The summed E-state index contributed by atoms with van der Waals surface area (Å²) in [5, 5.41) is 12.0. The summed E-state index contributed by atoms with van der Waals surface area (Å²) in [6, 6.07) is 16.0. The Morgan fingerprint density at radius 3 is 2.40 bits per heavy atom. The third-order valence-corrected chi connectivity index (χ3v) is 3.06. The van der Waals surface area contributed by atoms with Crippen LogP contribution in [0.4, 0.5) is 0 Å². The lowest BCUT2D eigenvalue weighted by Crippen LogP contribution is -2.27. The molecule has 1 unspecified atom stereocenters. The molecule has 20 heavy (non-hydrogen) atoms. The van der Waals surface area contributed by atoms with E-state index in [1.54, 1.807) is 24.3 Å². The minimum absolute atomic E-state index is 0.0885. The van der Waals surface area contributed by atoms with Crippen molar-refractivity contribution in [3.63, 3.8) is 0 Å². The van der Waals surface area contributed by atoms with Crippen molar-refractivity contribution in [2.24, 2.45) is 5.73 Å². The Morgan fingerprint density at radius 1 is 1.10 bits per heavy atom. The van der Waals surface area contributed by atoms with E-state index in [1.807, 2.05) is 30.3 Å². The fourth-order valence-electron chi connectivity index (χ4n) is 1.90. The molecule has 0 saturated heterocycles. The van der Waals surface area contributed by atoms with Gasteiger partial charge in [-0.3, -0.25) is 4.79 Å². The molecule has 0 aromatic heterocycles. The topological polar surface area (TPSA) is 75.4 Å². The van der Waals surface area contributed by atoms with Crippen molar-refractivity contribution in [1.82, 2.24) is 5.32 Å². The third-order valence-electron chi connectivity index (χ3n) is 3.06. The van der Waals surface area contributed by atoms with Crippen LogP contribution in [-0.4, -0.2) is 11.0 Å². The number of amides is 1. The second kappa shape index (κ2) is 6.73. The molecule has 0 saturated carbocycles. The normalized spacial score (nSPS) is 11.8. The molecule has 2 rings (SSSR count). The van der Waals surface area contributed by atoms with Crippen LogP contribution in [0.2, 0.25) is 0 Å². The van der Waals surface area contributed by atoms with Gasteiger partial charge in [0, 0.05) is 19.0 Å². The van der Waals surface area contributed by atoms with E-state index in [9.17, 15) is 9.90 Å². The quantitative estimate of drug-likeness (QED) is 0.778. The standard InChI is InChI=1S/C16H18N2O2/c17-15(13-4-2-1-3-5-13)10-16(20)18-11-12-6-8-14(19)9-7-12/h1-9,15,19H,10-11,17H2,(H,18,20). The van der Waals surface area contributed by atoms with Gasteiger partial charge in [-0.05, 0) is 23.3 Å². The number of benzene rings is 2. The molecular formula is C16H18N2O2. The summed E-state index contributed by atoms with van der Waals surface area (Å²) < 4.78 is 0. The lowest BCUT2D eigenvalue weighted by atomic mass is 10.0. The number of carbonyl (C=O) groups excluding carboxylic acids is 1. The second-order valence-electron chi connectivity index (χ2n) is 4.66. The molecule has 1 atom stereocenters. The number of nitrogens with one attached hydrogen (secondary N) is 1. The van der Waals surface area contributed by atoms with Crippen molar-refractivity contribution >= 4 is 5.91 Å². The number of phenolic OH excluding ortho intramolecular Hbond substituents is 1. The summed E-state index contributed by atoms with van der Waals surface area (Å²) in [5.74, 6) is 0.126. The molecule has 2 aromatic carbocycles. The first kappa shape index (κ1) is 14.1. The van der Waals surface area contributed by atoms with Crippen LogP contribution in [-0.2, 0) is 11.3 Å². The van der Waals surface area contributed by atoms with Gasteiger partial charge in [0.2, 0.25) is 5.91 Å². The number of nitrogens with two attached hydrogens (primary N) is 1. The Bertz CT molecular complexity index is 552. The minimum atomic E-state index is -0.295. The summed E-state index contributed by atoms with van der Waals surface area (Å²) >= 11 is 0. The zero-order valence-electron chi connectivity index (χ0n) is 11.1. The van der Waals surface area contributed by atoms with Crippen molar-refractivity contribution in [2.75, 3.05) is 0 Å². The number of carbonyl (C=O) groups is 1. The summed E-state index contributed by atoms with van der Waals surface area (Å²) in [6.45, 7) is 0.431. The van der Waals surface area contributed by atoms with Gasteiger partial charge in [0.25, 0.3) is 0 Å². The molecule has 0 bridgehead atoms. The molecule has 0 radical (unpaired) electrons. The molecule has 4 nitrogen and oxygen atoms in total. The number of aromatic hydroxyl groups is 1. The van der Waals surface area contributed by atoms with Crippen LogP contribution in [0.25, 0.3) is 0 Å². The first-order valence-corrected chi connectivity index (χ1v) is 6.50. The van der Waals surface area contributed by atoms with E-state index >= 15 is 0 Å². The van der Waals surface area contributed by atoms with Crippen LogP contribution in [0.15, 0.2) is 54.6 Å². The first-order chi connectivity index (χ1) is 9.65. The highest BCUT2D eigenvalue weighted by molar-refractivity contribution is 5.76. The van der Waals surface area contributed by atoms with E-state index in [-0.39, 0.29) is 24.1 Å². The maximum absolute atomic E-state index is 11.8. The van der Waals surface area contributed by atoms with Crippen molar-refractivity contribution in [1.29, 1.82) is 0 Å². The van der Waals surface area contributed by atoms with E-state index < -0.39 is 0 Å². The predicted octanol–water partition coefficient (Wildman–Crippen LogP) is 2.10. The Morgan fingerprint density at radius 2 is 1.75 bits per heavy atom. The van der Waals surface area contributed by atoms with Gasteiger partial charge in [-0.1, -0.05) is 42.5 Å². The molecule has 0 heterocycles. The van der Waals surface area contributed by atoms with E-state index in [1.165, 1.54) is 0 Å². The Hall–Kier alpha value is -2.33. The third kappa shape index (κ3) is 4.10. The van der Waals surface area contributed by atoms with E-state index in [4.69, 9.17) is 5.73 Å². The highest BCUT2D eigenvalue weighted by Crippen LogP contribution is 2.13. The second-order valence-corrected chi connectivity index (χ2v) is 4.66. The SMILES string of the molecule is NC(CC(=O)NCc1ccc(O)cc1)c1ccccc1. The van der Waals surface area contributed by atoms with Gasteiger partial charge < -0.3 is 16.2 Å². The summed E-state index contributed by atoms with van der Waals surface area (Å²) in [7, 11) is 0. The largest absolute Gasteiger partial charge is 0.508 e. The first-order valence-electron chi connectivity index (χ1n) is 6.50. The van der Waals surface area contributed by atoms with Crippen molar-refractivity contribution in [2.45, 2.75) is 19.0 Å². The summed E-state index contributed by atoms with van der Waals surface area (Å²) in [4.78, 5) is 11.8. The molecule has 0 aliphatic heterocycles. The molecule has 0 aliphatic carbocycles. The Balaban J connectivity index is 1.82. The molecule has 104 valence electrons. The molecule has 4 heteroatoms. The van der Waals surface area contributed by atoms with E-state index in [0.717, 1.165) is 11.1 Å². The number of hydrogen-bond donors (Lipinski definition) is 3. The monoisotopic (exact) mass is 270 g/mol. The fourth-order valence-corrected chi connectivity index (χ4v) is 1.90. The van der Waals surface area contributed by atoms with Crippen molar-refractivity contribution in [3.8, 4) is 5.75 Å². The van der Waals surface area contributed by atoms with Crippen molar-refractivity contribution < 1.29 is 9.90 Å². The van der Waals surface area contributed by atoms with Gasteiger partial charge in [0.15, 0.2) is 0 Å². The van der Waals surface area contributed by atoms with Crippen LogP contribution in [0, 0.1) is 0 Å². The van der Waals surface area contributed by atoms with Gasteiger partial charge in [-0.2, -0.15) is 0 Å². The van der Waals surface area contributed by atoms with Crippen LogP contribution < -0.4 is 11.1 Å². The van der Waals surface area contributed by atoms with E-state index in [2.05, 4.69) is 5.32 Å². The van der Waals surface area contributed by atoms with Crippen LogP contribution >= 0.6 is 0 Å². The molecule has 2 aromatic rings. The zero-order chi connectivity index (χ0) is 14.4.